The van der Waals surface area contributed by atoms with Crippen molar-refractivity contribution in [3.05, 3.63) is 35.4 Å². The van der Waals surface area contributed by atoms with Gasteiger partial charge in [-0.3, -0.25) is 0 Å². The number of fused-ring (bicyclic) bond motifs is 1. The standard InChI is InChI=1S/C13H16F3N/c14-13(15,16)7-3-5-11-9-17-8-10-4-1-2-6-12(10)11/h1-2,4,6,11,17H,3,5,7-9H2. The van der Waals surface area contributed by atoms with Gasteiger partial charge in [-0.05, 0) is 29.9 Å². The Bertz CT molecular complexity index is 373. The number of hydrogen-bond donors (Lipinski definition) is 1. The molecule has 0 fully saturated rings. The van der Waals surface area contributed by atoms with E-state index in [4.69, 9.17) is 0 Å². The van der Waals surface area contributed by atoms with Gasteiger partial charge < -0.3 is 5.32 Å². The fraction of sp³-hybridized carbons (Fsp3) is 0.538. The van der Waals surface area contributed by atoms with Crippen LogP contribution < -0.4 is 5.32 Å². The summed E-state index contributed by atoms with van der Waals surface area (Å²) in [7, 11) is 0. The number of hydrogen-bond acceptors (Lipinski definition) is 1. The average molecular weight is 243 g/mol. The van der Waals surface area contributed by atoms with Gasteiger partial charge in [-0.15, -0.1) is 0 Å². The van der Waals surface area contributed by atoms with Gasteiger partial charge in [-0.25, -0.2) is 0 Å². The van der Waals surface area contributed by atoms with Crippen molar-refractivity contribution in [2.45, 2.75) is 37.9 Å². The Morgan fingerprint density at radius 1 is 1.24 bits per heavy atom. The smallest absolute Gasteiger partial charge is 0.312 e. The predicted molar refractivity (Wildman–Crippen MR) is 60.8 cm³/mol. The molecule has 0 bridgehead atoms. The molecule has 94 valence electrons. The van der Waals surface area contributed by atoms with Crippen LogP contribution in [-0.2, 0) is 6.54 Å². The first kappa shape index (κ1) is 12.4. The quantitative estimate of drug-likeness (QED) is 0.855. The van der Waals surface area contributed by atoms with E-state index in [0.29, 0.717) is 6.42 Å². The molecule has 1 aliphatic rings. The van der Waals surface area contributed by atoms with Crippen LogP contribution >= 0.6 is 0 Å². The van der Waals surface area contributed by atoms with Crippen molar-refractivity contribution in [3.63, 3.8) is 0 Å². The Balaban J connectivity index is 1.95. The minimum Gasteiger partial charge on any atom is -0.312 e. The summed E-state index contributed by atoms with van der Waals surface area (Å²) in [4.78, 5) is 0. The summed E-state index contributed by atoms with van der Waals surface area (Å²) < 4.78 is 36.3. The topological polar surface area (TPSA) is 12.0 Å². The van der Waals surface area contributed by atoms with Crippen molar-refractivity contribution in [2.24, 2.45) is 0 Å². The van der Waals surface area contributed by atoms with Gasteiger partial charge in [-0.2, -0.15) is 13.2 Å². The maximum absolute atomic E-state index is 12.1. The van der Waals surface area contributed by atoms with Crippen LogP contribution in [0.1, 0.15) is 36.3 Å². The average Bonchev–Trinajstić information content (AvgIpc) is 2.28. The largest absolute Gasteiger partial charge is 0.389 e. The highest BCUT2D eigenvalue weighted by atomic mass is 19.4. The molecule has 2 rings (SSSR count). The van der Waals surface area contributed by atoms with Crippen LogP contribution in [0.25, 0.3) is 0 Å². The van der Waals surface area contributed by atoms with Crippen LogP contribution in [0.3, 0.4) is 0 Å². The molecular formula is C13H16F3N. The summed E-state index contributed by atoms with van der Waals surface area (Å²) in [6.07, 6.45) is -3.89. The lowest BCUT2D eigenvalue weighted by Gasteiger charge is -2.26. The van der Waals surface area contributed by atoms with Gasteiger partial charge in [0.25, 0.3) is 0 Å². The molecule has 1 N–H and O–H groups in total. The molecule has 0 spiro atoms. The molecule has 1 unspecified atom stereocenters. The highest BCUT2D eigenvalue weighted by Crippen LogP contribution is 2.30. The third-order valence-corrected chi connectivity index (χ3v) is 3.21. The Hall–Kier alpha value is -1.03. The zero-order chi connectivity index (χ0) is 12.3. The summed E-state index contributed by atoms with van der Waals surface area (Å²) in [5.74, 6) is 0.224. The number of alkyl halides is 3. The monoisotopic (exact) mass is 243 g/mol. The molecule has 0 saturated heterocycles. The lowest BCUT2D eigenvalue weighted by molar-refractivity contribution is -0.135. The van der Waals surface area contributed by atoms with E-state index in [1.165, 1.54) is 11.1 Å². The molecule has 1 atom stereocenters. The Labute approximate surface area is 99.0 Å². The van der Waals surface area contributed by atoms with Crippen LogP contribution in [-0.4, -0.2) is 12.7 Å². The summed E-state index contributed by atoms with van der Waals surface area (Å²) in [6.45, 7) is 1.61. The van der Waals surface area contributed by atoms with E-state index in [0.717, 1.165) is 13.1 Å². The zero-order valence-electron chi connectivity index (χ0n) is 9.56. The van der Waals surface area contributed by atoms with Crippen LogP contribution in [0.15, 0.2) is 24.3 Å². The molecule has 1 heterocycles. The highest BCUT2D eigenvalue weighted by Gasteiger charge is 2.27. The Morgan fingerprint density at radius 2 is 2.00 bits per heavy atom. The normalized spacial score (nSPS) is 20.1. The second-order valence-electron chi connectivity index (χ2n) is 4.53. The lowest BCUT2D eigenvalue weighted by atomic mass is 9.87. The molecule has 0 amide bonds. The number of nitrogens with one attached hydrogen (secondary N) is 1. The van der Waals surface area contributed by atoms with Crippen molar-refractivity contribution in [1.29, 1.82) is 0 Å². The van der Waals surface area contributed by atoms with Gasteiger partial charge in [0.2, 0.25) is 0 Å². The van der Waals surface area contributed by atoms with Gasteiger partial charge in [0, 0.05) is 19.5 Å². The predicted octanol–water partition coefficient (Wildman–Crippen LogP) is 3.61. The van der Waals surface area contributed by atoms with Crippen LogP contribution in [0, 0.1) is 0 Å². The molecule has 4 heteroatoms. The summed E-state index contributed by atoms with van der Waals surface area (Å²) in [6, 6.07) is 8.01. The third kappa shape index (κ3) is 3.46. The van der Waals surface area contributed by atoms with Crippen molar-refractivity contribution >= 4 is 0 Å². The molecule has 0 aromatic heterocycles. The highest BCUT2D eigenvalue weighted by molar-refractivity contribution is 5.32. The fourth-order valence-corrected chi connectivity index (χ4v) is 2.39. The van der Waals surface area contributed by atoms with Gasteiger partial charge in [0.15, 0.2) is 0 Å². The van der Waals surface area contributed by atoms with E-state index in [2.05, 4.69) is 5.32 Å². The molecule has 1 aromatic carbocycles. The minimum atomic E-state index is -4.03. The van der Waals surface area contributed by atoms with Crippen molar-refractivity contribution in [1.82, 2.24) is 5.32 Å². The van der Waals surface area contributed by atoms with Crippen LogP contribution in [0.5, 0.6) is 0 Å². The van der Waals surface area contributed by atoms with Gasteiger partial charge in [0.05, 0.1) is 0 Å². The first-order valence-electron chi connectivity index (χ1n) is 5.91. The van der Waals surface area contributed by atoms with Gasteiger partial charge in [0.1, 0.15) is 0 Å². The van der Waals surface area contributed by atoms with E-state index in [1.807, 2.05) is 24.3 Å². The SMILES string of the molecule is FC(F)(F)CCCC1CNCc2ccccc21. The van der Waals surface area contributed by atoms with E-state index in [9.17, 15) is 13.2 Å². The van der Waals surface area contributed by atoms with E-state index < -0.39 is 12.6 Å². The Kier molecular flexibility index (Phi) is 3.72. The summed E-state index contributed by atoms with van der Waals surface area (Å²) in [5, 5.41) is 3.26. The summed E-state index contributed by atoms with van der Waals surface area (Å²) in [5.41, 5.74) is 2.43. The second kappa shape index (κ2) is 5.08. The van der Waals surface area contributed by atoms with Crippen molar-refractivity contribution in [3.8, 4) is 0 Å². The number of halogens is 3. The van der Waals surface area contributed by atoms with Crippen LogP contribution in [0.2, 0.25) is 0 Å². The van der Waals surface area contributed by atoms with E-state index in [-0.39, 0.29) is 12.3 Å². The molecule has 0 aliphatic carbocycles. The molecule has 1 aliphatic heterocycles. The Morgan fingerprint density at radius 3 is 2.76 bits per heavy atom. The molecule has 1 nitrogen and oxygen atoms in total. The molecular weight excluding hydrogens is 227 g/mol. The number of benzene rings is 1. The molecule has 0 saturated carbocycles. The molecule has 1 aromatic rings. The van der Waals surface area contributed by atoms with Crippen molar-refractivity contribution in [2.75, 3.05) is 6.54 Å². The van der Waals surface area contributed by atoms with E-state index >= 15 is 0 Å². The van der Waals surface area contributed by atoms with Crippen molar-refractivity contribution < 1.29 is 13.2 Å². The third-order valence-electron chi connectivity index (χ3n) is 3.21. The van der Waals surface area contributed by atoms with Gasteiger partial charge >= 0.3 is 6.18 Å². The maximum Gasteiger partial charge on any atom is 0.389 e. The zero-order valence-corrected chi connectivity index (χ0v) is 9.56. The first-order chi connectivity index (χ1) is 8.06. The fourth-order valence-electron chi connectivity index (χ4n) is 2.39. The van der Waals surface area contributed by atoms with E-state index in [1.54, 1.807) is 0 Å². The summed E-state index contributed by atoms with van der Waals surface area (Å²) >= 11 is 0. The van der Waals surface area contributed by atoms with Gasteiger partial charge in [-0.1, -0.05) is 24.3 Å². The lowest BCUT2D eigenvalue weighted by Crippen LogP contribution is -2.28. The number of rotatable bonds is 3. The maximum atomic E-state index is 12.1. The van der Waals surface area contributed by atoms with Crippen LogP contribution in [0.4, 0.5) is 13.2 Å². The molecule has 17 heavy (non-hydrogen) atoms. The second-order valence-corrected chi connectivity index (χ2v) is 4.53. The molecule has 0 radical (unpaired) electrons. The first-order valence-corrected chi connectivity index (χ1v) is 5.91. The minimum absolute atomic E-state index is 0.212.